The first-order valence-electron chi connectivity index (χ1n) is 8.19. The molecule has 0 aliphatic carbocycles. The minimum atomic E-state index is -0.397. The fraction of sp³-hybridized carbons (Fsp3) is 0.529. The second-order valence-electron chi connectivity index (χ2n) is 5.82. The van der Waals surface area contributed by atoms with Crippen LogP contribution in [0.15, 0.2) is 24.3 Å². The van der Waals surface area contributed by atoms with E-state index in [0.717, 1.165) is 24.3 Å². The summed E-state index contributed by atoms with van der Waals surface area (Å²) in [6.07, 6.45) is 4.79. The van der Waals surface area contributed by atoms with Gasteiger partial charge in [0.15, 0.2) is 0 Å². The molecule has 1 heterocycles. The van der Waals surface area contributed by atoms with Gasteiger partial charge in [-0.2, -0.15) is 0 Å². The van der Waals surface area contributed by atoms with Crippen LogP contribution >= 0.6 is 0 Å². The van der Waals surface area contributed by atoms with Crippen LogP contribution in [0.4, 0.5) is 5.69 Å². The first-order chi connectivity index (χ1) is 11.2. The minimum Gasteiger partial charge on any atom is -0.494 e. The van der Waals surface area contributed by atoms with E-state index < -0.39 is 5.92 Å². The van der Waals surface area contributed by atoms with Crippen LogP contribution in [0.25, 0.3) is 0 Å². The van der Waals surface area contributed by atoms with Crippen LogP contribution < -0.4 is 20.9 Å². The molecule has 1 fully saturated rings. The Morgan fingerprint density at radius 3 is 2.96 bits per heavy atom. The maximum atomic E-state index is 12.1. The summed E-state index contributed by atoms with van der Waals surface area (Å²) in [6.45, 7) is 3.20. The number of ether oxygens (including phenoxy) is 1. The topological polar surface area (TPSA) is 84.7 Å². The van der Waals surface area contributed by atoms with Gasteiger partial charge in [0.25, 0.3) is 0 Å². The second kappa shape index (κ2) is 8.53. The molecule has 0 saturated carbocycles. The van der Waals surface area contributed by atoms with Gasteiger partial charge < -0.3 is 9.64 Å². The third kappa shape index (κ3) is 4.69. The number of anilines is 1. The third-order valence-electron chi connectivity index (χ3n) is 4.03. The van der Waals surface area contributed by atoms with Crippen molar-refractivity contribution in [2.75, 3.05) is 18.1 Å². The maximum absolute atomic E-state index is 12.1. The lowest BCUT2D eigenvalue weighted by Crippen LogP contribution is -2.37. The van der Waals surface area contributed by atoms with Crippen LogP contribution in [0.3, 0.4) is 0 Å². The van der Waals surface area contributed by atoms with Crippen LogP contribution in [0.2, 0.25) is 0 Å². The highest BCUT2D eigenvalue weighted by Crippen LogP contribution is 2.28. The summed E-state index contributed by atoms with van der Waals surface area (Å²) in [5.41, 5.74) is 2.87. The normalized spacial score (nSPS) is 17.4. The first-order valence-corrected chi connectivity index (χ1v) is 8.19. The molecule has 0 radical (unpaired) electrons. The average Bonchev–Trinajstić information content (AvgIpc) is 2.96. The molecule has 0 spiro atoms. The summed E-state index contributed by atoms with van der Waals surface area (Å²) in [5.74, 6) is 5.12. The number of carbonyl (C=O) groups is 2. The van der Waals surface area contributed by atoms with E-state index in [1.807, 2.05) is 24.3 Å². The molecule has 1 unspecified atom stereocenters. The summed E-state index contributed by atoms with van der Waals surface area (Å²) < 4.78 is 5.75. The van der Waals surface area contributed by atoms with Crippen molar-refractivity contribution in [2.45, 2.75) is 39.0 Å². The molecular formula is C17H25N3O3. The molecule has 0 bridgehead atoms. The van der Waals surface area contributed by atoms with Gasteiger partial charge in [0.1, 0.15) is 5.75 Å². The average molecular weight is 319 g/mol. The Morgan fingerprint density at radius 1 is 1.39 bits per heavy atom. The second-order valence-corrected chi connectivity index (χ2v) is 5.82. The fourth-order valence-corrected chi connectivity index (χ4v) is 2.71. The van der Waals surface area contributed by atoms with Crippen molar-refractivity contribution >= 4 is 17.5 Å². The molecule has 2 amide bonds. The number of nitrogens with zero attached hydrogens (tertiary/aromatic N) is 1. The summed E-state index contributed by atoms with van der Waals surface area (Å²) in [7, 11) is 0. The standard InChI is InChI=1S/C17H25N3O3/c1-2-3-4-5-9-23-15-8-6-7-14(11-15)20-12-13(10-16(20)21)17(22)19-18/h6-8,11,13H,2-5,9-10,12,18H2,1H3,(H,19,22). The van der Waals surface area contributed by atoms with Crippen molar-refractivity contribution in [3.8, 4) is 5.75 Å². The third-order valence-corrected chi connectivity index (χ3v) is 4.03. The Labute approximate surface area is 136 Å². The van der Waals surface area contributed by atoms with E-state index in [0.29, 0.717) is 13.2 Å². The Kier molecular flexibility index (Phi) is 6.40. The van der Waals surface area contributed by atoms with E-state index in [9.17, 15) is 9.59 Å². The monoisotopic (exact) mass is 319 g/mol. The number of nitrogens with two attached hydrogens (primary N) is 1. The molecule has 126 valence electrons. The van der Waals surface area contributed by atoms with Crippen LogP contribution in [0.5, 0.6) is 5.75 Å². The van der Waals surface area contributed by atoms with Crippen molar-refractivity contribution in [3.63, 3.8) is 0 Å². The van der Waals surface area contributed by atoms with Crippen molar-refractivity contribution in [1.82, 2.24) is 5.43 Å². The Morgan fingerprint density at radius 2 is 2.22 bits per heavy atom. The zero-order valence-corrected chi connectivity index (χ0v) is 13.6. The van der Waals surface area contributed by atoms with Crippen molar-refractivity contribution < 1.29 is 14.3 Å². The fourth-order valence-electron chi connectivity index (χ4n) is 2.71. The largest absolute Gasteiger partial charge is 0.494 e. The molecule has 6 nitrogen and oxygen atoms in total. The summed E-state index contributed by atoms with van der Waals surface area (Å²) in [6, 6.07) is 7.44. The molecule has 3 N–H and O–H groups in total. The predicted molar refractivity (Wildman–Crippen MR) is 88.9 cm³/mol. The van der Waals surface area contributed by atoms with Gasteiger partial charge in [-0.25, -0.2) is 5.84 Å². The van der Waals surface area contributed by atoms with E-state index >= 15 is 0 Å². The number of hydrogen-bond acceptors (Lipinski definition) is 4. The summed E-state index contributed by atoms with van der Waals surface area (Å²) in [4.78, 5) is 25.3. The van der Waals surface area contributed by atoms with Crippen LogP contribution in [-0.4, -0.2) is 25.0 Å². The first kappa shape index (κ1) is 17.3. The van der Waals surface area contributed by atoms with Gasteiger partial charge in [-0.3, -0.25) is 15.0 Å². The molecule has 1 aromatic rings. The van der Waals surface area contributed by atoms with Gasteiger partial charge in [0.2, 0.25) is 11.8 Å². The van der Waals surface area contributed by atoms with Crippen LogP contribution in [0, 0.1) is 5.92 Å². The molecule has 1 aliphatic heterocycles. The Hall–Kier alpha value is -2.08. The molecular weight excluding hydrogens is 294 g/mol. The number of hydrogen-bond donors (Lipinski definition) is 2. The summed E-state index contributed by atoms with van der Waals surface area (Å²) >= 11 is 0. The highest BCUT2D eigenvalue weighted by Gasteiger charge is 2.34. The SMILES string of the molecule is CCCCCCOc1cccc(N2CC(C(=O)NN)CC2=O)c1. The number of nitrogens with one attached hydrogen (secondary N) is 1. The molecule has 1 aliphatic rings. The highest BCUT2D eigenvalue weighted by atomic mass is 16.5. The zero-order chi connectivity index (χ0) is 16.7. The molecule has 0 aromatic heterocycles. The number of unbranched alkanes of at least 4 members (excludes halogenated alkanes) is 3. The molecule has 2 rings (SSSR count). The molecule has 1 saturated heterocycles. The van der Waals surface area contributed by atoms with E-state index in [1.54, 1.807) is 4.90 Å². The van der Waals surface area contributed by atoms with Crippen molar-refractivity contribution in [2.24, 2.45) is 11.8 Å². The van der Waals surface area contributed by atoms with Gasteiger partial charge in [-0.15, -0.1) is 0 Å². The maximum Gasteiger partial charge on any atom is 0.239 e. The molecule has 1 atom stereocenters. The van der Waals surface area contributed by atoms with Gasteiger partial charge in [0.05, 0.1) is 12.5 Å². The van der Waals surface area contributed by atoms with Gasteiger partial charge in [-0.1, -0.05) is 32.3 Å². The Balaban J connectivity index is 1.94. The van der Waals surface area contributed by atoms with E-state index in [4.69, 9.17) is 10.6 Å². The number of rotatable bonds is 8. The van der Waals surface area contributed by atoms with Crippen molar-refractivity contribution in [3.05, 3.63) is 24.3 Å². The number of benzene rings is 1. The van der Waals surface area contributed by atoms with Gasteiger partial charge in [0, 0.05) is 24.7 Å². The van der Waals surface area contributed by atoms with Crippen molar-refractivity contribution in [1.29, 1.82) is 0 Å². The lowest BCUT2D eigenvalue weighted by molar-refractivity contribution is -0.126. The predicted octanol–water partition coefficient (Wildman–Crippen LogP) is 1.99. The van der Waals surface area contributed by atoms with E-state index in [2.05, 4.69) is 12.3 Å². The lowest BCUT2D eigenvalue weighted by atomic mass is 10.1. The zero-order valence-electron chi connectivity index (χ0n) is 13.6. The van der Waals surface area contributed by atoms with Crippen LogP contribution in [0.1, 0.15) is 39.0 Å². The number of amides is 2. The molecule has 23 heavy (non-hydrogen) atoms. The van der Waals surface area contributed by atoms with E-state index in [-0.39, 0.29) is 18.2 Å². The lowest BCUT2D eigenvalue weighted by Gasteiger charge is -2.17. The van der Waals surface area contributed by atoms with Gasteiger partial charge in [-0.05, 0) is 18.6 Å². The van der Waals surface area contributed by atoms with E-state index in [1.165, 1.54) is 12.8 Å². The molecule has 6 heteroatoms. The highest BCUT2D eigenvalue weighted by molar-refractivity contribution is 6.00. The van der Waals surface area contributed by atoms with Gasteiger partial charge >= 0.3 is 0 Å². The summed E-state index contributed by atoms with van der Waals surface area (Å²) in [5, 5.41) is 0. The smallest absolute Gasteiger partial charge is 0.239 e. The molecule has 1 aromatic carbocycles. The minimum absolute atomic E-state index is 0.0707. The number of hydrazine groups is 1. The Bertz CT molecular complexity index is 548. The van der Waals surface area contributed by atoms with Crippen LogP contribution in [-0.2, 0) is 9.59 Å². The quantitative estimate of drug-likeness (QED) is 0.332. The number of carbonyl (C=O) groups excluding carboxylic acids is 2.